The molecule has 4 aliphatic rings. The van der Waals surface area contributed by atoms with Crippen molar-refractivity contribution < 1.29 is 19.2 Å². The summed E-state index contributed by atoms with van der Waals surface area (Å²) in [6.45, 7) is 31.7. The lowest BCUT2D eigenvalue weighted by Crippen LogP contribution is -2.48. The number of nitrogens with zero attached hydrogens (tertiary/aromatic N) is 2. The highest BCUT2D eigenvalue weighted by Crippen LogP contribution is 2.30. The van der Waals surface area contributed by atoms with Crippen LogP contribution >= 0.6 is 11.8 Å². The highest BCUT2D eigenvalue weighted by molar-refractivity contribution is 8.04. The smallest absolute Gasteiger partial charge is 0.326 e. The molecule has 0 aromatic carbocycles. The summed E-state index contributed by atoms with van der Waals surface area (Å²) >= 11 is 1.53. The second-order valence-corrected chi connectivity index (χ2v) is 13.3. The van der Waals surface area contributed by atoms with Crippen LogP contribution in [-0.2, 0) is 9.59 Å². The summed E-state index contributed by atoms with van der Waals surface area (Å²) in [5.74, 6) is 1.29. The lowest BCUT2D eigenvalue weighted by atomic mass is 9.87. The van der Waals surface area contributed by atoms with E-state index in [1.54, 1.807) is 22.1 Å². The molecule has 0 radical (unpaired) electrons. The van der Waals surface area contributed by atoms with E-state index in [4.69, 9.17) is 0 Å². The molecule has 0 aliphatic carbocycles. The van der Waals surface area contributed by atoms with Gasteiger partial charge in [-0.2, -0.15) is 0 Å². The molecular formula is C32H52N6O4S. The average Bonchev–Trinajstić information content (AvgIpc) is 3.22. The lowest BCUT2D eigenvalue weighted by molar-refractivity contribution is -0.127. The second-order valence-electron chi connectivity index (χ2n) is 12.0. The van der Waals surface area contributed by atoms with Gasteiger partial charge >= 0.3 is 12.1 Å². The van der Waals surface area contributed by atoms with Crippen molar-refractivity contribution in [2.24, 2.45) is 17.8 Å². The molecule has 4 heterocycles. The van der Waals surface area contributed by atoms with Crippen LogP contribution in [0.2, 0.25) is 0 Å². The zero-order valence-corrected chi connectivity index (χ0v) is 28.0. The predicted octanol–water partition coefficient (Wildman–Crippen LogP) is 5.80. The Labute approximate surface area is 262 Å². The third-order valence-corrected chi connectivity index (χ3v) is 8.31. The minimum absolute atomic E-state index is 0.0174. The van der Waals surface area contributed by atoms with Gasteiger partial charge in [-0.3, -0.25) is 14.5 Å². The first-order valence-electron chi connectivity index (χ1n) is 14.8. The molecule has 3 saturated heterocycles. The first-order chi connectivity index (χ1) is 19.9. The van der Waals surface area contributed by atoms with E-state index in [0.717, 1.165) is 42.2 Å². The third-order valence-electron chi connectivity index (χ3n) is 6.91. The number of hydrogen-bond acceptors (Lipinski definition) is 5. The van der Waals surface area contributed by atoms with Gasteiger partial charge in [0.25, 0.3) is 0 Å². The van der Waals surface area contributed by atoms with Gasteiger partial charge in [-0.05, 0) is 58.4 Å². The van der Waals surface area contributed by atoms with Crippen LogP contribution in [0.1, 0.15) is 74.7 Å². The summed E-state index contributed by atoms with van der Waals surface area (Å²) in [5, 5.41) is 11.6. The van der Waals surface area contributed by atoms with Gasteiger partial charge in [0.2, 0.25) is 11.8 Å². The normalized spacial score (nSPS) is 21.9. The summed E-state index contributed by atoms with van der Waals surface area (Å²) in [5.41, 5.74) is 2.34. The average molecular weight is 617 g/mol. The highest BCUT2D eigenvalue weighted by Gasteiger charge is 2.30. The second kappa shape index (κ2) is 17.6. The van der Waals surface area contributed by atoms with Crippen molar-refractivity contribution in [3.05, 3.63) is 60.7 Å². The predicted molar refractivity (Wildman–Crippen MR) is 176 cm³/mol. The molecule has 6 amide bonds. The van der Waals surface area contributed by atoms with Gasteiger partial charge in [0.05, 0.1) is 10.3 Å². The molecule has 2 atom stereocenters. The number of piperidine rings is 1. The van der Waals surface area contributed by atoms with Crippen LogP contribution in [0.3, 0.4) is 0 Å². The maximum absolute atomic E-state index is 11.3. The molecule has 2 unspecified atom stereocenters. The monoisotopic (exact) mass is 616 g/mol. The first kappa shape index (κ1) is 37.6. The van der Waals surface area contributed by atoms with Crippen molar-refractivity contribution in [1.82, 2.24) is 31.1 Å². The fourth-order valence-electron chi connectivity index (χ4n) is 4.33. The molecule has 3 fully saturated rings. The van der Waals surface area contributed by atoms with Crippen LogP contribution < -0.4 is 21.3 Å². The summed E-state index contributed by atoms with van der Waals surface area (Å²) < 4.78 is 0. The van der Waals surface area contributed by atoms with Gasteiger partial charge < -0.3 is 26.2 Å². The Morgan fingerprint density at radius 3 is 1.74 bits per heavy atom. The van der Waals surface area contributed by atoms with Gasteiger partial charge in [-0.25, -0.2) is 9.59 Å². The molecule has 4 N–H and O–H groups in total. The molecule has 10 nitrogen and oxygen atoms in total. The largest absolute Gasteiger partial charge is 0.330 e. The van der Waals surface area contributed by atoms with Crippen molar-refractivity contribution in [3.63, 3.8) is 0 Å². The minimum atomic E-state index is -0.104. The minimum Gasteiger partial charge on any atom is -0.330 e. The van der Waals surface area contributed by atoms with Crippen LogP contribution in [0.15, 0.2) is 60.7 Å². The molecule has 0 spiro atoms. The fourth-order valence-corrected chi connectivity index (χ4v) is 5.24. The van der Waals surface area contributed by atoms with Crippen LogP contribution in [0.5, 0.6) is 0 Å². The molecule has 0 aromatic heterocycles. The Balaban J connectivity index is 0.000000287. The Hall–Kier alpha value is -3.47. The lowest BCUT2D eigenvalue weighted by Gasteiger charge is -2.31. The quantitative estimate of drug-likeness (QED) is 0.318. The topological polar surface area (TPSA) is 123 Å². The number of carbonyl (C=O) groups excluding carboxylic acids is 4. The van der Waals surface area contributed by atoms with Gasteiger partial charge in [0.15, 0.2) is 0 Å². The van der Waals surface area contributed by atoms with Gasteiger partial charge in [-0.15, -0.1) is 0 Å². The van der Waals surface area contributed by atoms with E-state index in [1.165, 1.54) is 11.8 Å². The van der Waals surface area contributed by atoms with E-state index in [-0.39, 0.29) is 47.1 Å². The Morgan fingerprint density at radius 2 is 1.35 bits per heavy atom. The Bertz CT molecular complexity index is 1070. The number of carbonyl (C=O) groups is 4. The number of thioether (sulfide) groups is 1. The first-order valence-corrected chi connectivity index (χ1v) is 15.7. The van der Waals surface area contributed by atoms with E-state index in [0.29, 0.717) is 17.5 Å². The van der Waals surface area contributed by atoms with E-state index in [2.05, 4.69) is 61.4 Å². The van der Waals surface area contributed by atoms with E-state index in [9.17, 15) is 19.2 Å². The Kier molecular flexibility index (Phi) is 15.4. The maximum atomic E-state index is 11.3. The molecule has 240 valence electrons. The molecule has 0 saturated carbocycles. The third kappa shape index (κ3) is 12.7. The number of allylic oxidation sites excluding steroid dienone is 2. The molecule has 4 rings (SSSR count). The number of hydrogen-bond donors (Lipinski definition) is 4. The summed E-state index contributed by atoms with van der Waals surface area (Å²) in [6, 6.07) is 0.353. The fraction of sp³-hybridized carbons (Fsp3) is 0.562. The van der Waals surface area contributed by atoms with Crippen molar-refractivity contribution in [3.8, 4) is 0 Å². The van der Waals surface area contributed by atoms with Crippen LogP contribution in [0.4, 0.5) is 9.59 Å². The summed E-state index contributed by atoms with van der Waals surface area (Å²) in [7, 11) is 0. The number of rotatable bonds is 4. The molecule has 4 aliphatic heterocycles. The van der Waals surface area contributed by atoms with Gasteiger partial charge in [-0.1, -0.05) is 65.8 Å². The van der Waals surface area contributed by atoms with Crippen molar-refractivity contribution in [2.75, 3.05) is 6.54 Å². The zero-order valence-electron chi connectivity index (χ0n) is 27.2. The SMILES string of the molecule is C=C1C=CN(C(C)C)C(=O)N1.C=C1CCC(C(C)C)C(=O)N1.C=C1CCN(C(C)C)C(=O)N1.C=C1NC(=O)C(C(C)C)S1. The van der Waals surface area contributed by atoms with E-state index >= 15 is 0 Å². The standard InChI is InChI=1S/C9H15NO.C8H14N2O.C8H12N2O.C7H11NOS/c1-6(2)8-5-4-7(3)10-9(8)11;2*1-6(2)10-5-4-7(3)9-8(10)11;1-4(2)6-7(9)8-5(3)10-6/h6,8H,3-5H2,1-2H3,(H,10,11);6H,3-5H2,1-2H3,(H,9,11);4-6H,3H2,1-2H3,(H,9,11);4,6H,3H2,1-2H3,(H,8,9). The van der Waals surface area contributed by atoms with Gasteiger partial charge in [0, 0.05) is 54.3 Å². The molecule has 11 heteroatoms. The number of urea groups is 2. The van der Waals surface area contributed by atoms with Crippen molar-refractivity contribution in [2.45, 2.75) is 92.0 Å². The number of amides is 6. The van der Waals surface area contributed by atoms with E-state index < -0.39 is 0 Å². The van der Waals surface area contributed by atoms with Crippen LogP contribution in [-0.4, -0.2) is 57.6 Å². The van der Waals surface area contributed by atoms with E-state index in [1.807, 2.05) is 41.5 Å². The summed E-state index contributed by atoms with van der Waals surface area (Å²) in [4.78, 5) is 48.1. The van der Waals surface area contributed by atoms with Crippen LogP contribution in [0.25, 0.3) is 0 Å². The van der Waals surface area contributed by atoms with Gasteiger partial charge in [0.1, 0.15) is 0 Å². The molecule has 0 bridgehead atoms. The molecule has 43 heavy (non-hydrogen) atoms. The van der Waals surface area contributed by atoms with Crippen molar-refractivity contribution >= 4 is 35.6 Å². The molecular weight excluding hydrogens is 564 g/mol. The highest BCUT2D eigenvalue weighted by atomic mass is 32.2. The van der Waals surface area contributed by atoms with Crippen LogP contribution in [0, 0.1) is 17.8 Å². The number of nitrogens with one attached hydrogen (secondary N) is 4. The van der Waals surface area contributed by atoms with Crippen molar-refractivity contribution in [1.29, 1.82) is 0 Å². The zero-order chi connectivity index (χ0) is 33.0. The Morgan fingerprint density at radius 1 is 0.744 bits per heavy atom. The maximum Gasteiger partial charge on any atom is 0.326 e. The summed E-state index contributed by atoms with van der Waals surface area (Å²) in [6.07, 6.45) is 6.29. The molecule has 0 aromatic rings.